The maximum Gasteiger partial charge on any atom is 0.164 e. The van der Waals surface area contributed by atoms with Gasteiger partial charge in [0.2, 0.25) is 0 Å². The van der Waals surface area contributed by atoms with Crippen molar-refractivity contribution in [1.82, 2.24) is 29.9 Å². The van der Waals surface area contributed by atoms with Gasteiger partial charge in [0.25, 0.3) is 0 Å². The highest BCUT2D eigenvalue weighted by molar-refractivity contribution is 5.94. The zero-order valence-corrected chi connectivity index (χ0v) is 58.9. The second-order valence-electron chi connectivity index (χ2n) is 28.2. The Balaban J connectivity index is 0.672. The number of fused-ring (bicyclic) bond motifs is 18. The Bertz CT molecular complexity index is 6630. The topological polar surface area (TPSA) is 143 Å². The summed E-state index contributed by atoms with van der Waals surface area (Å²) in [6.45, 7) is 0. The molecule has 21 rings (SSSR count). The summed E-state index contributed by atoms with van der Waals surface area (Å²) in [6.07, 6.45) is 0. The van der Waals surface area contributed by atoms with Crippen LogP contribution < -0.4 is 9.47 Å². The summed E-state index contributed by atoms with van der Waals surface area (Å²) in [6, 6.07) is 126. The molecule has 10 heteroatoms. The Kier molecular flexibility index (Phi) is 14.6. The van der Waals surface area contributed by atoms with E-state index in [1.165, 1.54) is 0 Å². The fourth-order valence-electron chi connectivity index (χ4n) is 17.1. The molecule has 0 radical (unpaired) electrons. The van der Waals surface area contributed by atoms with E-state index < -0.39 is 10.8 Å². The molecule has 0 fully saturated rings. The van der Waals surface area contributed by atoms with Crippen molar-refractivity contribution in [2.45, 2.75) is 10.8 Å². The van der Waals surface area contributed by atoms with E-state index in [-0.39, 0.29) is 0 Å². The number of aromatic nitrogens is 6. The zero-order chi connectivity index (χ0) is 73.0. The molecule has 4 aliphatic rings. The molecule has 0 unspecified atom stereocenters. The summed E-state index contributed by atoms with van der Waals surface area (Å²) in [5.41, 5.74) is 25.9. The minimum atomic E-state index is -0.810. The molecule has 4 heterocycles. The van der Waals surface area contributed by atoms with Crippen LogP contribution in [-0.2, 0) is 10.8 Å². The summed E-state index contributed by atoms with van der Waals surface area (Å²) in [4.78, 5) is 32.2. The maximum absolute atomic E-state index is 9.75. The molecule has 0 atom stereocenters. The summed E-state index contributed by atoms with van der Waals surface area (Å²) in [5.74, 6) is 6.35. The fourth-order valence-corrected chi connectivity index (χ4v) is 17.1. The van der Waals surface area contributed by atoms with Crippen LogP contribution in [0.1, 0.15) is 55.6 Å². The largest absolute Gasteiger partial charge is 0.457 e. The maximum atomic E-state index is 9.75. The van der Waals surface area contributed by atoms with Gasteiger partial charge in [0.1, 0.15) is 23.0 Å². The lowest BCUT2D eigenvalue weighted by Gasteiger charge is -2.39. The van der Waals surface area contributed by atoms with Crippen LogP contribution in [0, 0.1) is 22.7 Å². The number of nitrogens with zero attached hydrogens (tertiary/aromatic N) is 8. The van der Waals surface area contributed by atoms with Crippen LogP contribution in [0.4, 0.5) is 0 Å². The minimum Gasteiger partial charge on any atom is -0.457 e. The molecule has 0 N–H and O–H groups in total. The van der Waals surface area contributed by atoms with Gasteiger partial charge in [0.05, 0.1) is 34.1 Å². The number of hydrogen-bond donors (Lipinski definition) is 0. The van der Waals surface area contributed by atoms with E-state index in [0.717, 1.165) is 168 Å². The molecule has 2 aromatic heterocycles. The molecule has 2 aliphatic heterocycles. The molecule has 110 heavy (non-hydrogen) atoms. The van der Waals surface area contributed by atoms with Crippen LogP contribution in [0.25, 0.3) is 135 Å². The van der Waals surface area contributed by atoms with Crippen molar-refractivity contribution < 1.29 is 9.47 Å². The van der Waals surface area contributed by atoms with Gasteiger partial charge in [-0.2, -0.15) is 10.5 Å². The van der Waals surface area contributed by atoms with Gasteiger partial charge in [-0.15, -0.1) is 0 Å². The van der Waals surface area contributed by atoms with E-state index in [1.54, 1.807) is 0 Å². The third-order valence-corrected chi connectivity index (χ3v) is 22.2. The highest BCUT2D eigenvalue weighted by Crippen LogP contribution is 2.65. The predicted molar refractivity (Wildman–Crippen MR) is 432 cm³/mol. The first kappa shape index (κ1) is 63.4. The van der Waals surface area contributed by atoms with Crippen LogP contribution in [-0.4, -0.2) is 29.9 Å². The van der Waals surface area contributed by atoms with Gasteiger partial charge >= 0.3 is 0 Å². The first-order valence-electron chi connectivity index (χ1n) is 36.6. The van der Waals surface area contributed by atoms with Crippen molar-refractivity contribution in [3.05, 3.63) is 407 Å². The molecule has 2 spiro atoms. The second-order valence-corrected chi connectivity index (χ2v) is 28.2. The van der Waals surface area contributed by atoms with Crippen LogP contribution in [0.2, 0.25) is 0 Å². The molecule has 0 saturated carbocycles. The van der Waals surface area contributed by atoms with Gasteiger partial charge in [-0.3, -0.25) is 0 Å². The van der Waals surface area contributed by atoms with Crippen molar-refractivity contribution in [1.29, 1.82) is 10.5 Å². The van der Waals surface area contributed by atoms with Gasteiger partial charge in [-0.1, -0.05) is 273 Å². The molecule has 0 saturated heterocycles. The average molecular weight is 1400 g/mol. The number of ether oxygens (including phenoxy) is 2. The standard InChI is InChI=1S/C100H58N8O2/c101-59-61-30-34-65(35-31-61)72-46-50-77-79-52-48-75(57-87(79)99(85(77)55-72)81-22-7-11-26-89(81)109-90-27-12-8-23-82(90)99)97-104-93(68-18-5-2-6-19-68)103-94(106-97)70-44-40-67(41-45-70)71-20-15-21-74(54-71)96-105-95(69-42-38-64(39-43-69)63-16-3-1-4-17-63)107-98(108-96)76-49-53-80-78-51-47-73(66-36-32-62(60-102)33-37-66)56-86(78)100(88(80)58-76)83-24-9-13-28-91(83)110-92-29-14-10-25-84(92)100/h1-58H. The summed E-state index contributed by atoms with van der Waals surface area (Å²) >= 11 is 0. The molecule has 2 aliphatic carbocycles. The number of nitriles is 2. The van der Waals surface area contributed by atoms with E-state index in [1.807, 2.05) is 109 Å². The van der Waals surface area contributed by atoms with Crippen LogP contribution in [0.3, 0.4) is 0 Å². The predicted octanol–water partition coefficient (Wildman–Crippen LogP) is 23.4. The Morgan fingerprint density at radius 1 is 0.191 bits per heavy atom. The van der Waals surface area contributed by atoms with E-state index in [9.17, 15) is 10.5 Å². The van der Waals surface area contributed by atoms with Crippen LogP contribution >= 0.6 is 0 Å². The highest BCUT2D eigenvalue weighted by atomic mass is 16.5. The first-order chi connectivity index (χ1) is 54.3. The summed E-state index contributed by atoms with van der Waals surface area (Å²) in [5, 5.41) is 19.5. The van der Waals surface area contributed by atoms with Gasteiger partial charge in [-0.05, 0) is 168 Å². The third kappa shape index (κ3) is 10.1. The van der Waals surface area contributed by atoms with Gasteiger partial charge < -0.3 is 9.47 Å². The highest BCUT2D eigenvalue weighted by Gasteiger charge is 2.53. The van der Waals surface area contributed by atoms with Gasteiger partial charge in [0.15, 0.2) is 34.9 Å². The van der Waals surface area contributed by atoms with Crippen LogP contribution in [0.15, 0.2) is 352 Å². The van der Waals surface area contributed by atoms with E-state index in [0.29, 0.717) is 46.1 Å². The second kappa shape index (κ2) is 25.3. The van der Waals surface area contributed by atoms with E-state index in [2.05, 4.69) is 255 Å². The van der Waals surface area contributed by atoms with E-state index in [4.69, 9.17) is 39.4 Å². The zero-order valence-electron chi connectivity index (χ0n) is 58.9. The molecule has 510 valence electrons. The lowest BCUT2D eigenvalue weighted by atomic mass is 9.65. The fraction of sp³-hybridized carbons (Fsp3) is 0.0200. The Morgan fingerprint density at radius 3 is 0.782 bits per heavy atom. The smallest absolute Gasteiger partial charge is 0.164 e. The summed E-state index contributed by atoms with van der Waals surface area (Å²) in [7, 11) is 0. The Hall–Kier alpha value is -15.1. The van der Waals surface area contributed by atoms with Crippen molar-refractivity contribution in [2.75, 3.05) is 0 Å². The Morgan fingerprint density at radius 2 is 0.418 bits per heavy atom. The van der Waals surface area contributed by atoms with Crippen LogP contribution in [0.5, 0.6) is 23.0 Å². The molecule has 0 bridgehead atoms. The molecule has 15 aromatic carbocycles. The van der Waals surface area contributed by atoms with E-state index >= 15 is 0 Å². The number of hydrogen-bond acceptors (Lipinski definition) is 10. The van der Waals surface area contributed by atoms with Crippen molar-refractivity contribution in [3.8, 4) is 170 Å². The van der Waals surface area contributed by atoms with Gasteiger partial charge in [0, 0.05) is 55.6 Å². The molecular formula is C100H58N8O2. The monoisotopic (exact) mass is 1400 g/mol. The molecule has 10 nitrogen and oxygen atoms in total. The lowest BCUT2D eigenvalue weighted by Crippen LogP contribution is -2.32. The van der Waals surface area contributed by atoms with Crippen molar-refractivity contribution >= 4 is 0 Å². The lowest BCUT2D eigenvalue weighted by molar-refractivity contribution is 0.436. The normalized spacial score (nSPS) is 13.0. The molecular weight excluding hydrogens is 1350 g/mol. The SMILES string of the molecule is N#Cc1ccc(-c2ccc3c(c2)C2(c4ccccc4Oc4ccccc42)c2cc(-c4nc(-c5ccccc5)nc(-c5ccc(-c6cccc(-c7nc(-c8ccc(-c9ccccc9)cc8)nc(-c8ccc9c(c8)C8(c%10ccccc%10Oc%10ccccc%108)c8cc(-c%10ccc(C#N)cc%10)ccc8-9)n7)c6)cc5)n4)ccc2-3)cc1. The summed E-state index contributed by atoms with van der Waals surface area (Å²) < 4.78 is 13.6. The number of para-hydroxylation sites is 4. The number of rotatable bonds is 10. The average Bonchev–Trinajstić information content (AvgIpc) is 1.50. The molecule has 17 aromatic rings. The quantitative estimate of drug-likeness (QED) is 0.130. The third-order valence-electron chi connectivity index (χ3n) is 22.2. The van der Waals surface area contributed by atoms with Gasteiger partial charge in [-0.25, -0.2) is 29.9 Å². The Labute approximate surface area is 634 Å². The number of benzene rings is 15. The van der Waals surface area contributed by atoms with Crippen molar-refractivity contribution in [3.63, 3.8) is 0 Å². The molecule has 0 amide bonds. The van der Waals surface area contributed by atoms with Crippen molar-refractivity contribution in [2.24, 2.45) is 0 Å². The first-order valence-corrected chi connectivity index (χ1v) is 36.6. The minimum absolute atomic E-state index is 0.522.